The fourth-order valence-electron chi connectivity index (χ4n) is 4.05. The summed E-state index contributed by atoms with van der Waals surface area (Å²) < 4.78 is 17.4. The Balaban J connectivity index is 1.84. The Morgan fingerprint density at radius 2 is 1.90 bits per heavy atom. The molecule has 31 heavy (non-hydrogen) atoms. The van der Waals surface area contributed by atoms with Gasteiger partial charge in [0.05, 0.1) is 23.2 Å². The molecule has 0 aliphatic rings. The van der Waals surface area contributed by atoms with Gasteiger partial charge in [-0.3, -0.25) is 9.20 Å². The molecule has 0 spiro atoms. The summed E-state index contributed by atoms with van der Waals surface area (Å²) in [6.45, 7) is 3.79. The van der Waals surface area contributed by atoms with Gasteiger partial charge in [0.1, 0.15) is 18.0 Å². The topological polar surface area (TPSA) is 91.1 Å². The number of halogens is 1. The molecule has 4 heterocycles. The van der Waals surface area contributed by atoms with Crippen LogP contribution in [0.1, 0.15) is 24.2 Å². The summed E-state index contributed by atoms with van der Waals surface area (Å²) in [7, 11) is 0. The molecule has 0 saturated heterocycles. The van der Waals surface area contributed by atoms with Crippen LogP contribution in [0, 0.1) is 12.7 Å². The number of benzene rings is 1. The highest BCUT2D eigenvalue weighted by Crippen LogP contribution is 2.31. The van der Waals surface area contributed by atoms with Crippen LogP contribution in [-0.4, -0.2) is 24.1 Å². The van der Waals surface area contributed by atoms with E-state index in [0.29, 0.717) is 33.5 Å². The molecule has 8 heteroatoms. The largest absolute Gasteiger partial charge is 0.383 e. The second kappa shape index (κ2) is 7.02. The number of nitrogen functional groups attached to an aromatic ring is 1. The Kier molecular flexibility index (Phi) is 4.28. The van der Waals surface area contributed by atoms with Gasteiger partial charge in [0.2, 0.25) is 0 Å². The maximum atomic E-state index is 14.1. The quantitative estimate of drug-likeness (QED) is 0.486. The van der Waals surface area contributed by atoms with E-state index in [0.717, 1.165) is 11.2 Å². The van der Waals surface area contributed by atoms with Crippen molar-refractivity contribution in [3.8, 4) is 11.1 Å². The monoisotopic (exact) mass is 414 g/mol. The molecule has 154 valence electrons. The third kappa shape index (κ3) is 2.95. The lowest BCUT2D eigenvalue weighted by Gasteiger charge is -2.19. The number of rotatable bonds is 3. The van der Waals surface area contributed by atoms with E-state index in [9.17, 15) is 9.18 Å². The number of hydrogen-bond donors (Lipinski definition) is 1. The fourth-order valence-corrected chi connectivity index (χ4v) is 4.05. The van der Waals surface area contributed by atoms with E-state index < -0.39 is 5.82 Å². The predicted molar refractivity (Wildman–Crippen MR) is 117 cm³/mol. The smallest absolute Gasteiger partial charge is 0.263 e. The molecule has 1 atom stereocenters. The molecule has 0 saturated carbocycles. The highest BCUT2D eigenvalue weighted by atomic mass is 19.1. The van der Waals surface area contributed by atoms with E-state index in [1.54, 1.807) is 27.4 Å². The standard InChI is InChI=1S/C23H19FN6O/c1-13-5-3-8-17-10-18(14(2)30-22-19(11-28-30)21(25)26-12-27-22)20(23(31)29(13)17)15-6-4-7-16(24)9-15/h3-12,14H,1-2H3,(H2,25,26,27)/t14-/m1/s1. The van der Waals surface area contributed by atoms with Crippen molar-refractivity contribution < 1.29 is 4.39 Å². The van der Waals surface area contributed by atoms with Crippen LogP contribution in [0.2, 0.25) is 0 Å². The number of anilines is 1. The molecule has 5 aromatic rings. The summed E-state index contributed by atoms with van der Waals surface area (Å²) in [6, 6.07) is 13.3. The molecule has 1 aromatic carbocycles. The van der Waals surface area contributed by atoms with E-state index in [1.807, 2.05) is 38.1 Å². The number of pyridine rings is 2. The van der Waals surface area contributed by atoms with Crippen molar-refractivity contribution >= 4 is 22.4 Å². The summed E-state index contributed by atoms with van der Waals surface area (Å²) >= 11 is 0. The van der Waals surface area contributed by atoms with Crippen molar-refractivity contribution in [1.82, 2.24) is 24.1 Å². The number of fused-ring (bicyclic) bond motifs is 2. The first-order valence-corrected chi connectivity index (χ1v) is 9.80. The van der Waals surface area contributed by atoms with Crippen LogP contribution in [0.3, 0.4) is 0 Å². The second-order valence-electron chi connectivity index (χ2n) is 7.48. The molecule has 0 aliphatic carbocycles. The minimum absolute atomic E-state index is 0.214. The number of nitrogens with zero attached hydrogens (tertiary/aromatic N) is 5. The molecular formula is C23H19FN6O. The molecule has 4 aromatic heterocycles. The molecule has 2 N–H and O–H groups in total. The fraction of sp³-hybridized carbons (Fsp3) is 0.130. The van der Waals surface area contributed by atoms with Crippen molar-refractivity contribution in [2.75, 3.05) is 5.73 Å². The van der Waals surface area contributed by atoms with E-state index in [-0.39, 0.29) is 11.6 Å². The molecular weight excluding hydrogens is 395 g/mol. The molecule has 7 nitrogen and oxygen atoms in total. The summed E-state index contributed by atoms with van der Waals surface area (Å²) in [5, 5.41) is 5.10. The molecule has 0 amide bonds. The van der Waals surface area contributed by atoms with Crippen molar-refractivity contribution in [3.05, 3.63) is 88.5 Å². The van der Waals surface area contributed by atoms with E-state index >= 15 is 0 Å². The van der Waals surface area contributed by atoms with Crippen molar-refractivity contribution in [2.45, 2.75) is 19.9 Å². The highest BCUT2D eigenvalue weighted by Gasteiger charge is 2.22. The lowest BCUT2D eigenvalue weighted by Crippen LogP contribution is -2.22. The predicted octanol–water partition coefficient (Wildman–Crippen LogP) is 3.75. The molecule has 0 unspecified atom stereocenters. The molecule has 0 aliphatic heterocycles. The number of hydrogen-bond acceptors (Lipinski definition) is 5. The van der Waals surface area contributed by atoms with Crippen molar-refractivity contribution in [3.63, 3.8) is 0 Å². The van der Waals surface area contributed by atoms with Gasteiger partial charge >= 0.3 is 0 Å². The molecule has 0 radical (unpaired) electrons. The van der Waals surface area contributed by atoms with Gasteiger partial charge in [0, 0.05) is 11.2 Å². The van der Waals surface area contributed by atoms with Crippen LogP contribution >= 0.6 is 0 Å². The lowest BCUT2D eigenvalue weighted by atomic mass is 9.96. The van der Waals surface area contributed by atoms with Gasteiger partial charge in [-0.15, -0.1) is 0 Å². The number of aromatic nitrogens is 5. The number of nitrogens with two attached hydrogens (primary N) is 1. The molecule has 0 fully saturated rings. The Bertz CT molecular complexity index is 1520. The SMILES string of the molecule is Cc1cccc2cc([C@@H](C)n3ncc4c(N)ncnc43)c(-c3cccc(F)c3)c(=O)n12. The normalized spacial score (nSPS) is 12.5. The van der Waals surface area contributed by atoms with E-state index in [2.05, 4.69) is 15.1 Å². The van der Waals surface area contributed by atoms with Crippen LogP contribution in [0.25, 0.3) is 27.7 Å². The Morgan fingerprint density at radius 3 is 2.71 bits per heavy atom. The van der Waals surface area contributed by atoms with Gasteiger partial charge in [0.15, 0.2) is 5.65 Å². The first-order chi connectivity index (χ1) is 15.0. The average Bonchev–Trinajstić information content (AvgIpc) is 3.18. The van der Waals surface area contributed by atoms with Crippen LogP contribution in [0.15, 0.2) is 65.8 Å². The Morgan fingerprint density at radius 1 is 1.10 bits per heavy atom. The second-order valence-corrected chi connectivity index (χ2v) is 7.48. The Hall–Kier alpha value is -4.07. The highest BCUT2D eigenvalue weighted by molar-refractivity contribution is 5.85. The van der Waals surface area contributed by atoms with Crippen LogP contribution in [0.4, 0.5) is 10.2 Å². The molecule has 0 bridgehead atoms. The summed E-state index contributed by atoms with van der Waals surface area (Å²) in [4.78, 5) is 22.0. The zero-order valence-electron chi connectivity index (χ0n) is 17.0. The van der Waals surface area contributed by atoms with Gasteiger partial charge in [-0.1, -0.05) is 18.2 Å². The summed E-state index contributed by atoms with van der Waals surface area (Å²) in [5.41, 5.74) is 9.50. The van der Waals surface area contributed by atoms with Gasteiger partial charge in [-0.05, 0) is 55.3 Å². The Labute approximate surface area is 176 Å². The van der Waals surface area contributed by atoms with E-state index in [1.165, 1.54) is 18.5 Å². The van der Waals surface area contributed by atoms with Gasteiger partial charge < -0.3 is 5.73 Å². The summed E-state index contributed by atoms with van der Waals surface area (Å²) in [5.74, 6) is -0.0709. The minimum Gasteiger partial charge on any atom is -0.383 e. The third-order valence-electron chi connectivity index (χ3n) is 5.58. The zero-order valence-corrected chi connectivity index (χ0v) is 17.0. The first-order valence-electron chi connectivity index (χ1n) is 9.80. The minimum atomic E-state index is -0.407. The van der Waals surface area contributed by atoms with E-state index in [4.69, 9.17) is 5.73 Å². The van der Waals surface area contributed by atoms with Crippen molar-refractivity contribution in [2.24, 2.45) is 0 Å². The lowest BCUT2D eigenvalue weighted by molar-refractivity contribution is 0.579. The van der Waals surface area contributed by atoms with Crippen LogP contribution < -0.4 is 11.3 Å². The first kappa shape index (κ1) is 18.9. The van der Waals surface area contributed by atoms with Crippen LogP contribution in [0.5, 0.6) is 0 Å². The number of aryl methyl sites for hydroxylation is 1. The van der Waals surface area contributed by atoms with Gasteiger partial charge in [-0.25, -0.2) is 19.0 Å². The average molecular weight is 414 g/mol. The third-order valence-corrected chi connectivity index (χ3v) is 5.58. The van der Waals surface area contributed by atoms with Gasteiger partial charge in [-0.2, -0.15) is 5.10 Å². The molecule has 5 rings (SSSR count). The van der Waals surface area contributed by atoms with Gasteiger partial charge in [0.25, 0.3) is 5.56 Å². The van der Waals surface area contributed by atoms with Crippen LogP contribution in [-0.2, 0) is 0 Å². The maximum absolute atomic E-state index is 14.1. The van der Waals surface area contributed by atoms with Crippen molar-refractivity contribution in [1.29, 1.82) is 0 Å². The summed E-state index contributed by atoms with van der Waals surface area (Å²) in [6.07, 6.45) is 3.00. The zero-order chi connectivity index (χ0) is 21.7. The maximum Gasteiger partial charge on any atom is 0.263 e.